The van der Waals surface area contributed by atoms with Gasteiger partial charge in [-0.3, -0.25) is 0 Å². The van der Waals surface area contributed by atoms with E-state index in [1.807, 2.05) is 24.3 Å². The van der Waals surface area contributed by atoms with Gasteiger partial charge in [0.25, 0.3) is 0 Å². The largest absolute Gasteiger partial charge is 0.465 e. The summed E-state index contributed by atoms with van der Waals surface area (Å²) in [5.74, 6) is 0.692. The highest BCUT2D eigenvalue weighted by molar-refractivity contribution is 9.12. The van der Waals surface area contributed by atoms with Crippen LogP contribution in [0.4, 0.5) is 0 Å². The van der Waals surface area contributed by atoms with E-state index in [-0.39, 0.29) is 0 Å². The highest BCUT2D eigenvalue weighted by Crippen LogP contribution is 2.25. The van der Waals surface area contributed by atoms with Crippen molar-refractivity contribution in [1.29, 1.82) is 10.5 Å². The fourth-order valence-electron chi connectivity index (χ4n) is 1.10. The Labute approximate surface area is 136 Å². The summed E-state index contributed by atoms with van der Waals surface area (Å²) in [5, 5.41) is 26.1. The van der Waals surface area contributed by atoms with Crippen molar-refractivity contribution in [3.8, 4) is 17.9 Å². The number of aliphatic hydroxyl groups is 1. The first-order valence-electron chi connectivity index (χ1n) is 5.90. The van der Waals surface area contributed by atoms with Gasteiger partial charge in [0.2, 0.25) is 0 Å². The number of hydrogen-bond acceptors (Lipinski definition) is 4. The molecule has 1 aromatic carbocycles. The van der Waals surface area contributed by atoms with Crippen LogP contribution in [0, 0.1) is 22.7 Å². The predicted octanol–water partition coefficient (Wildman–Crippen LogP) is 3.75. The van der Waals surface area contributed by atoms with Gasteiger partial charge in [-0.1, -0.05) is 50.1 Å². The van der Waals surface area contributed by atoms with E-state index < -0.39 is 10.6 Å². The number of hydrogen-bond donors (Lipinski definition) is 1. The maximum absolute atomic E-state index is 8.78. The molecule has 2 atom stereocenters. The van der Waals surface area contributed by atoms with Gasteiger partial charge in [0.1, 0.15) is 10.1 Å². The molecule has 6 heteroatoms. The molecule has 0 aliphatic heterocycles. The van der Waals surface area contributed by atoms with Crippen molar-refractivity contribution >= 4 is 31.9 Å². The van der Waals surface area contributed by atoms with E-state index in [0.29, 0.717) is 23.9 Å². The smallest absolute Gasteiger partial charge is 0.194 e. The number of alkyl halides is 2. The molecule has 0 fully saturated rings. The molecular weight excluding hydrogens is 388 g/mol. The Morgan fingerprint density at radius 3 is 2.35 bits per heavy atom. The first kappa shape index (κ1) is 18.9. The molecule has 0 heterocycles. The van der Waals surface area contributed by atoms with Gasteiger partial charge in [0, 0.05) is 11.8 Å². The summed E-state index contributed by atoms with van der Waals surface area (Å²) in [5.41, 5.74) is 0. The summed E-state index contributed by atoms with van der Waals surface area (Å²) in [6.45, 7) is 1.58. The fraction of sp³-hybridized carbons (Fsp3) is 0.429. The fourth-order valence-corrected chi connectivity index (χ4v) is 1.71. The van der Waals surface area contributed by atoms with Crippen LogP contribution in [-0.2, 0) is 0 Å². The van der Waals surface area contributed by atoms with Crippen LogP contribution < -0.4 is 4.74 Å². The van der Waals surface area contributed by atoms with Gasteiger partial charge in [0.15, 0.2) is 6.29 Å². The predicted molar refractivity (Wildman–Crippen MR) is 84.7 cm³/mol. The molecule has 4 nitrogen and oxygen atoms in total. The zero-order valence-electron chi connectivity index (χ0n) is 11.1. The molecule has 0 saturated carbocycles. The van der Waals surface area contributed by atoms with Crippen LogP contribution in [0.25, 0.3) is 0 Å². The number of halogens is 2. The average Bonchev–Trinajstić information content (AvgIpc) is 2.46. The third-order valence-electron chi connectivity index (χ3n) is 2.10. The lowest BCUT2D eigenvalue weighted by atomic mass is 10.1. The van der Waals surface area contributed by atoms with Gasteiger partial charge >= 0.3 is 0 Å². The Bertz CT molecular complexity index is 454. The van der Waals surface area contributed by atoms with Crippen LogP contribution in [0.5, 0.6) is 5.75 Å². The molecule has 1 aromatic rings. The maximum Gasteiger partial charge on any atom is 0.194 e. The van der Waals surface area contributed by atoms with Crippen LogP contribution in [0.1, 0.15) is 19.8 Å². The zero-order chi connectivity index (χ0) is 15.4. The molecule has 0 aliphatic rings. The van der Waals surface area contributed by atoms with Gasteiger partial charge in [-0.2, -0.15) is 10.5 Å². The van der Waals surface area contributed by atoms with Crippen LogP contribution in [0.2, 0.25) is 0 Å². The van der Waals surface area contributed by atoms with Crippen LogP contribution in [-0.4, -0.2) is 21.1 Å². The maximum atomic E-state index is 8.78. The molecular formula is C14H16Br2N2O2. The first-order valence-corrected chi connectivity index (χ1v) is 7.81. The van der Waals surface area contributed by atoms with Gasteiger partial charge in [-0.15, -0.1) is 0 Å². The standard InChI is InChI=1S/C8H10O2.C6H6Br2N2/c1-7(9)10-8-5-3-2-4-6-8;7-4-6(8,5-10)2-1-3-9/h2-7,9H,1H3;1-2,4H2. The molecule has 0 bridgehead atoms. The summed E-state index contributed by atoms with van der Waals surface area (Å²) < 4.78 is 4.42. The second kappa shape index (κ2) is 10.7. The first-order chi connectivity index (χ1) is 9.47. The summed E-state index contributed by atoms with van der Waals surface area (Å²) in [6.07, 6.45) is 0.234. The Morgan fingerprint density at radius 1 is 1.35 bits per heavy atom. The van der Waals surface area contributed by atoms with E-state index in [4.69, 9.17) is 20.4 Å². The molecule has 0 radical (unpaired) electrons. The Kier molecular flexibility index (Phi) is 10.1. The van der Waals surface area contributed by atoms with Crippen molar-refractivity contribution < 1.29 is 9.84 Å². The SMILES string of the molecule is CC(O)Oc1ccccc1.N#CCCC(Br)(C#N)CBr. The van der Waals surface area contributed by atoms with Gasteiger partial charge < -0.3 is 9.84 Å². The summed E-state index contributed by atoms with van der Waals surface area (Å²) in [7, 11) is 0. The van der Waals surface area contributed by atoms with E-state index >= 15 is 0 Å². The zero-order valence-corrected chi connectivity index (χ0v) is 14.3. The third kappa shape index (κ3) is 8.92. The van der Waals surface area contributed by atoms with Crippen molar-refractivity contribution in [2.24, 2.45) is 0 Å². The topological polar surface area (TPSA) is 77.0 Å². The number of benzene rings is 1. The molecule has 0 saturated heterocycles. The normalized spacial score (nSPS) is 13.7. The number of nitriles is 2. The molecule has 1 N–H and O–H groups in total. The van der Waals surface area contributed by atoms with E-state index in [9.17, 15) is 0 Å². The minimum Gasteiger partial charge on any atom is -0.465 e. The van der Waals surface area contributed by atoms with Crippen molar-refractivity contribution in [3.63, 3.8) is 0 Å². The molecule has 0 spiro atoms. The number of ether oxygens (including phenoxy) is 1. The van der Waals surface area contributed by atoms with E-state index in [1.54, 1.807) is 19.1 Å². The lowest BCUT2D eigenvalue weighted by molar-refractivity contribution is -0.000288. The van der Waals surface area contributed by atoms with E-state index in [1.165, 1.54) is 0 Å². The monoisotopic (exact) mass is 402 g/mol. The molecule has 2 unspecified atom stereocenters. The minimum absolute atomic E-state index is 0.407. The molecule has 0 amide bonds. The number of rotatable bonds is 5. The number of para-hydroxylation sites is 1. The van der Waals surface area contributed by atoms with Gasteiger partial charge in [-0.25, -0.2) is 0 Å². The van der Waals surface area contributed by atoms with E-state index in [0.717, 1.165) is 0 Å². The van der Waals surface area contributed by atoms with Crippen molar-refractivity contribution in [2.45, 2.75) is 30.4 Å². The van der Waals surface area contributed by atoms with Crippen molar-refractivity contribution in [2.75, 3.05) is 5.33 Å². The molecule has 20 heavy (non-hydrogen) atoms. The second-order valence-electron chi connectivity index (χ2n) is 3.90. The molecule has 1 rings (SSSR count). The van der Waals surface area contributed by atoms with Gasteiger partial charge in [-0.05, 0) is 25.5 Å². The van der Waals surface area contributed by atoms with Crippen molar-refractivity contribution in [1.82, 2.24) is 0 Å². The lowest BCUT2D eigenvalue weighted by Gasteiger charge is -2.12. The highest BCUT2D eigenvalue weighted by Gasteiger charge is 2.23. The lowest BCUT2D eigenvalue weighted by Crippen LogP contribution is -2.19. The number of aliphatic hydroxyl groups excluding tert-OH is 1. The Hall–Kier alpha value is -1.08. The minimum atomic E-state index is -0.734. The Morgan fingerprint density at radius 2 is 1.95 bits per heavy atom. The van der Waals surface area contributed by atoms with Gasteiger partial charge in [0.05, 0.1) is 12.1 Å². The summed E-state index contributed by atoms with van der Waals surface area (Å²) in [6, 6.07) is 13.3. The molecule has 108 valence electrons. The third-order valence-corrected chi connectivity index (χ3v) is 4.66. The van der Waals surface area contributed by atoms with Crippen molar-refractivity contribution in [3.05, 3.63) is 30.3 Å². The summed E-state index contributed by atoms with van der Waals surface area (Å²) >= 11 is 6.41. The average molecular weight is 404 g/mol. The summed E-state index contributed by atoms with van der Waals surface area (Å²) in [4.78, 5) is 0. The van der Waals surface area contributed by atoms with Crippen LogP contribution in [0.15, 0.2) is 30.3 Å². The quantitative estimate of drug-likeness (QED) is 0.599. The Balaban J connectivity index is 0.000000361. The van der Waals surface area contributed by atoms with Crippen LogP contribution in [0.3, 0.4) is 0 Å². The second-order valence-corrected chi connectivity index (χ2v) is 5.98. The molecule has 0 aromatic heterocycles. The highest BCUT2D eigenvalue weighted by atomic mass is 79.9. The molecule has 0 aliphatic carbocycles. The number of nitrogens with zero attached hydrogens (tertiary/aromatic N) is 2. The van der Waals surface area contributed by atoms with Crippen LogP contribution >= 0.6 is 31.9 Å². The van der Waals surface area contributed by atoms with E-state index in [2.05, 4.69) is 37.9 Å².